The second-order valence-corrected chi connectivity index (χ2v) is 8.13. The Bertz CT molecular complexity index is 314. The normalized spacial score (nSPS) is 39.0. The molecule has 1 spiro atoms. The zero-order valence-electron chi connectivity index (χ0n) is 12.9. The maximum absolute atomic E-state index is 6.26. The maximum Gasteiger partial charge on any atom is 0.0713 e. The minimum atomic E-state index is 0.199. The zero-order chi connectivity index (χ0) is 14.0. The first-order chi connectivity index (χ1) is 9.74. The Morgan fingerprint density at radius 1 is 1.25 bits per heavy atom. The summed E-state index contributed by atoms with van der Waals surface area (Å²) in [6.07, 6.45) is 8.94. The van der Waals surface area contributed by atoms with Gasteiger partial charge >= 0.3 is 0 Å². The molecule has 0 aromatic rings. The first-order valence-electron chi connectivity index (χ1n) is 8.43. The Morgan fingerprint density at radius 3 is 2.80 bits per heavy atom. The van der Waals surface area contributed by atoms with E-state index < -0.39 is 0 Å². The van der Waals surface area contributed by atoms with E-state index in [9.17, 15) is 0 Å². The van der Waals surface area contributed by atoms with Crippen LogP contribution in [0.25, 0.3) is 0 Å². The van der Waals surface area contributed by atoms with Crippen LogP contribution in [0.4, 0.5) is 0 Å². The predicted molar refractivity (Wildman–Crippen MR) is 86.3 cm³/mol. The molecule has 4 heteroatoms. The summed E-state index contributed by atoms with van der Waals surface area (Å²) < 4.78 is 6.26. The van der Waals surface area contributed by atoms with E-state index in [4.69, 9.17) is 10.5 Å². The molecule has 3 atom stereocenters. The number of nitrogens with zero attached hydrogens (tertiary/aromatic N) is 1. The van der Waals surface area contributed by atoms with Crippen LogP contribution in [0.5, 0.6) is 0 Å². The van der Waals surface area contributed by atoms with Gasteiger partial charge in [-0.2, -0.15) is 11.8 Å². The Labute approximate surface area is 128 Å². The van der Waals surface area contributed by atoms with Crippen molar-refractivity contribution in [3.8, 4) is 0 Å². The molecule has 20 heavy (non-hydrogen) atoms. The van der Waals surface area contributed by atoms with Gasteiger partial charge in [-0.25, -0.2) is 0 Å². The topological polar surface area (TPSA) is 38.5 Å². The standard InChI is InChI=1S/C16H30N2OS/c1-13-3-2-4-15(12-17)18(13)14-5-8-19-16(11-14)6-9-20-10-7-16/h13-15H,2-12,17H2,1H3. The third-order valence-electron chi connectivity index (χ3n) is 5.65. The molecule has 0 radical (unpaired) electrons. The zero-order valence-corrected chi connectivity index (χ0v) is 13.7. The first-order valence-corrected chi connectivity index (χ1v) is 9.59. The van der Waals surface area contributed by atoms with Crippen LogP contribution in [0.2, 0.25) is 0 Å². The van der Waals surface area contributed by atoms with E-state index in [0.29, 0.717) is 18.1 Å². The van der Waals surface area contributed by atoms with Crippen LogP contribution in [-0.2, 0) is 4.74 Å². The molecule has 3 unspecified atom stereocenters. The number of likely N-dealkylation sites (tertiary alicyclic amines) is 1. The molecule has 3 heterocycles. The largest absolute Gasteiger partial charge is 0.375 e. The quantitative estimate of drug-likeness (QED) is 0.850. The Morgan fingerprint density at radius 2 is 2.05 bits per heavy atom. The number of hydrogen-bond acceptors (Lipinski definition) is 4. The third kappa shape index (κ3) is 3.03. The van der Waals surface area contributed by atoms with Crippen molar-refractivity contribution in [3.63, 3.8) is 0 Å². The van der Waals surface area contributed by atoms with Gasteiger partial charge in [0.1, 0.15) is 0 Å². The van der Waals surface area contributed by atoms with Crippen LogP contribution in [0.1, 0.15) is 51.9 Å². The van der Waals surface area contributed by atoms with Crippen molar-refractivity contribution in [2.24, 2.45) is 5.73 Å². The second kappa shape index (κ2) is 6.55. The highest BCUT2D eigenvalue weighted by Gasteiger charge is 2.43. The Balaban J connectivity index is 1.71. The highest BCUT2D eigenvalue weighted by molar-refractivity contribution is 7.99. The summed E-state index contributed by atoms with van der Waals surface area (Å²) >= 11 is 2.09. The molecule has 0 bridgehead atoms. The van der Waals surface area contributed by atoms with E-state index in [1.807, 2.05) is 0 Å². The number of ether oxygens (including phenoxy) is 1. The summed E-state index contributed by atoms with van der Waals surface area (Å²) in [6.45, 7) is 4.18. The summed E-state index contributed by atoms with van der Waals surface area (Å²) in [5.41, 5.74) is 6.26. The highest BCUT2D eigenvalue weighted by Crippen LogP contribution is 2.40. The van der Waals surface area contributed by atoms with Crippen LogP contribution >= 0.6 is 11.8 Å². The number of piperidine rings is 1. The molecule has 3 rings (SSSR count). The smallest absolute Gasteiger partial charge is 0.0713 e. The van der Waals surface area contributed by atoms with Crippen LogP contribution in [0.15, 0.2) is 0 Å². The molecular formula is C16H30N2OS. The van der Waals surface area contributed by atoms with Gasteiger partial charge in [-0.3, -0.25) is 4.90 Å². The molecule has 0 amide bonds. The van der Waals surface area contributed by atoms with Gasteiger partial charge in [-0.15, -0.1) is 0 Å². The fourth-order valence-electron chi connectivity index (χ4n) is 4.55. The lowest BCUT2D eigenvalue weighted by Gasteiger charge is -2.51. The summed E-state index contributed by atoms with van der Waals surface area (Å²) in [7, 11) is 0. The number of hydrogen-bond donors (Lipinski definition) is 1. The molecule has 3 aliphatic heterocycles. The van der Waals surface area contributed by atoms with Gasteiger partial charge in [-0.1, -0.05) is 6.42 Å². The van der Waals surface area contributed by atoms with Crippen molar-refractivity contribution in [2.45, 2.75) is 75.6 Å². The van der Waals surface area contributed by atoms with Crippen LogP contribution in [0.3, 0.4) is 0 Å². The van der Waals surface area contributed by atoms with Crippen molar-refractivity contribution in [1.82, 2.24) is 4.90 Å². The summed E-state index contributed by atoms with van der Waals surface area (Å²) in [5.74, 6) is 2.56. The van der Waals surface area contributed by atoms with Crippen LogP contribution < -0.4 is 5.73 Å². The number of nitrogens with two attached hydrogens (primary N) is 1. The van der Waals surface area contributed by atoms with Gasteiger partial charge in [-0.05, 0) is 57.0 Å². The molecule has 3 nitrogen and oxygen atoms in total. The Hall–Kier alpha value is 0.230. The molecule has 0 aliphatic carbocycles. The fourth-order valence-corrected chi connectivity index (χ4v) is 5.79. The van der Waals surface area contributed by atoms with E-state index in [2.05, 4.69) is 23.6 Å². The summed E-state index contributed by atoms with van der Waals surface area (Å²) in [4.78, 5) is 2.77. The molecule has 3 saturated heterocycles. The SMILES string of the molecule is CC1CCCC(CN)N1C1CCOC2(CCSCC2)C1. The average molecular weight is 298 g/mol. The van der Waals surface area contributed by atoms with E-state index in [-0.39, 0.29) is 5.60 Å². The van der Waals surface area contributed by atoms with Crippen molar-refractivity contribution < 1.29 is 4.74 Å². The first kappa shape index (κ1) is 15.1. The monoisotopic (exact) mass is 298 g/mol. The average Bonchev–Trinajstić information content (AvgIpc) is 2.47. The molecule has 0 aromatic heterocycles. The molecular weight excluding hydrogens is 268 g/mol. The molecule has 0 aromatic carbocycles. The van der Waals surface area contributed by atoms with Crippen LogP contribution in [-0.4, -0.2) is 53.3 Å². The van der Waals surface area contributed by atoms with Gasteiger partial charge in [0.05, 0.1) is 5.60 Å². The van der Waals surface area contributed by atoms with Crippen LogP contribution in [0, 0.1) is 0 Å². The van der Waals surface area contributed by atoms with E-state index in [0.717, 1.165) is 13.2 Å². The van der Waals surface area contributed by atoms with Gasteiger partial charge in [0.25, 0.3) is 0 Å². The summed E-state index contributed by atoms with van der Waals surface area (Å²) in [5, 5.41) is 0. The number of rotatable bonds is 2. The molecule has 116 valence electrons. The van der Waals surface area contributed by atoms with Gasteiger partial charge in [0.2, 0.25) is 0 Å². The maximum atomic E-state index is 6.26. The molecule has 2 N–H and O–H groups in total. The van der Waals surface area contributed by atoms with Crippen molar-refractivity contribution in [2.75, 3.05) is 24.7 Å². The van der Waals surface area contributed by atoms with Crippen molar-refractivity contribution in [3.05, 3.63) is 0 Å². The lowest BCUT2D eigenvalue weighted by Crippen LogP contribution is -2.58. The third-order valence-corrected chi connectivity index (χ3v) is 6.64. The van der Waals surface area contributed by atoms with E-state index in [1.54, 1.807) is 0 Å². The molecule has 0 saturated carbocycles. The highest BCUT2D eigenvalue weighted by atomic mass is 32.2. The summed E-state index contributed by atoms with van der Waals surface area (Å²) in [6, 6.07) is 2.02. The van der Waals surface area contributed by atoms with Gasteiger partial charge < -0.3 is 10.5 Å². The minimum absolute atomic E-state index is 0.199. The Kier molecular flexibility index (Phi) is 4.96. The lowest BCUT2D eigenvalue weighted by molar-refractivity contribution is -0.123. The van der Waals surface area contributed by atoms with E-state index >= 15 is 0 Å². The minimum Gasteiger partial charge on any atom is -0.375 e. The second-order valence-electron chi connectivity index (χ2n) is 6.91. The molecule has 3 aliphatic rings. The number of thioether (sulfide) groups is 1. The molecule has 3 fully saturated rings. The van der Waals surface area contributed by atoms with E-state index in [1.165, 1.54) is 56.5 Å². The van der Waals surface area contributed by atoms with Gasteiger partial charge in [0.15, 0.2) is 0 Å². The fraction of sp³-hybridized carbons (Fsp3) is 1.00. The van der Waals surface area contributed by atoms with Crippen molar-refractivity contribution in [1.29, 1.82) is 0 Å². The van der Waals surface area contributed by atoms with Crippen molar-refractivity contribution >= 4 is 11.8 Å². The lowest BCUT2D eigenvalue weighted by atomic mass is 9.82. The predicted octanol–water partition coefficient (Wildman–Crippen LogP) is 2.63. The van der Waals surface area contributed by atoms with Gasteiger partial charge in [0, 0.05) is 31.3 Å².